The Morgan fingerprint density at radius 1 is 0.967 bits per heavy atom. The lowest BCUT2D eigenvalue weighted by atomic mass is 9.52. The van der Waals surface area contributed by atoms with Crippen molar-refractivity contribution in [3.05, 3.63) is 65.2 Å². The molecule has 5 nitrogen and oxygen atoms in total. The molecule has 5 heteroatoms. The minimum absolute atomic E-state index is 0.0764. The van der Waals surface area contributed by atoms with Crippen LogP contribution in [0.25, 0.3) is 0 Å². The van der Waals surface area contributed by atoms with Crippen molar-refractivity contribution in [3.8, 4) is 5.75 Å². The maximum atomic E-state index is 13.2. The van der Waals surface area contributed by atoms with E-state index in [1.807, 2.05) is 18.2 Å². The number of benzene rings is 2. The first-order valence-corrected chi connectivity index (χ1v) is 10.8. The largest absolute Gasteiger partial charge is 0.495 e. The number of hydrogen-bond donors (Lipinski definition) is 2. The molecule has 6 rings (SSSR count). The summed E-state index contributed by atoms with van der Waals surface area (Å²) in [5.41, 5.74) is 0.794. The van der Waals surface area contributed by atoms with Crippen molar-refractivity contribution in [1.29, 1.82) is 0 Å². The van der Waals surface area contributed by atoms with Crippen molar-refractivity contribution in [2.24, 2.45) is 17.8 Å². The van der Waals surface area contributed by atoms with Crippen LogP contribution in [-0.4, -0.2) is 35.5 Å². The quantitative estimate of drug-likeness (QED) is 0.746. The van der Waals surface area contributed by atoms with Crippen LogP contribution in [0.5, 0.6) is 5.75 Å². The van der Waals surface area contributed by atoms with Crippen molar-refractivity contribution < 1.29 is 19.4 Å². The molecule has 2 aromatic rings. The SMILES string of the molecule is COc1c(C(=O)N[C@H]2C3CC4CC2C[C@](O)(C4)C3)cccc1C(=O)c1ccccc1. The van der Waals surface area contributed by atoms with Gasteiger partial charge in [-0.2, -0.15) is 0 Å². The van der Waals surface area contributed by atoms with E-state index in [0.29, 0.717) is 40.2 Å². The van der Waals surface area contributed by atoms with Crippen molar-refractivity contribution >= 4 is 11.7 Å². The van der Waals surface area contributed by atoms with Gasteiger partial charge >= 0.3 is 0 Å². The lowest BCUT2D eigenvalue weighted by molar-refractivity contribution is -0.136. The summed E-state index contributed by atoms with van der Waals surface area (Å²) in [5.74, 6) is 1.17. The fraction of sp³-hybridized carbons (Fsp3) is 0.440. The topological polar surface area (TPSA) is 75.6 Å². The number of ketones is 1. The van der Waals surface area contributed by atoms with Gasteiger partial charge in [0, 0.05) is 11.6 Å². The average molecular weight is 405 g/mol. The minimum Gasteiger partial charge on any atom is -0.495 e. The summed E-state index contributed by atoms with van der Waals surface area (Å²) in [7, 11) is 1.49. The molecule has 2 N–H and O–H groups in total. The second-order valence-electron chi connectivity index (χ2n) is 9.28. The van der Waals surface area contributed by atoms with Crippen LogP contribution in [-0.2, 0) is 0 Å². The summed E-state index contributed by atoms with van der Waals surface area (Å²) < 4.78 is 5.54. The van der Waals surface area contributed by atoms with Crippen molar-refractivity contribution in [3.63, 3.8) is 0 Å². The highest BCUT2D eigenvalue weighted by atomic mass is 16.5. The van der Waals surface area contributed by atoms with E-state index < -0.39 is 5.60 Å². The van der Waals surface area contributed by atoms with E-state index in [0.717, 1.165) is 32.1 Å². The third-order valence-corrected chi connectivity index (χ3v) is 7.28. The van der Waals surface area contributed by atoms with Gasteiger partial charge in [-0.3, -0.25) is 9.59 Å². The number of hydrogen-bond acceptors (Lipinski definition) is 4. The Balaban J connectivity index is 1.41. The van der Waals surface area contributed by atoms with E-state index in [1.165, 1.54) is 7.11 Å². The van der Waals surface area contributed by atoms with Crippen LogP contribution in [0.4, 0.5) is 0 Å². The highest BCUT2D eigenvalue weighted by molar-refractivity contribution is 6.13. The molecular weight excluding hydrogens is 378 g/mol. The van der Waals surface area contributed by atoms with E-state index >= 15 is 0 Å². The van der Waals surface area contributed by atoms with E-state index in [-0.39, 0.29) is 17.7 Å². The van der Waals surface area contributed by atoms with Crippen LogP contribution < -0.4 is 10.1 Å². The van der Waals surface area contributed by atoms with Crippen LogP contribution in [0.1, 0.15) is 58.4 Å². The maximum Gasteiger partial charge on any atom is 0.255 e. The number of carbonyl (C=O) groups is 2. The number of methoxy groups -OCH3 is 1. The Morgan fingerprint density at radius 3 is 2.27 bits per heavy atom. The van der Waals surface area contributed by atoms with Gasteiger partial charge in [0.2, 0.25) is 0 Å². The molecule has 4 bridgehead atoms. The van der Waals surface area contributed by atoms with E-state index in [2.05, 4.69) is 5.32 Å². The lowest BCUT2D eigenvalue weighted by Gasteiger charge is -2.58. The zero-order valence-corrected chi connectivity index (χ0v) is 17.1. The Bertz CT molecular complexity index is 970. The lowest BCUT2D eigenvalue weighted by Crippen LogP contribution is -2.61. The first-order chi connectivity index (χ1) is 14.5. The fourth-order valence-electron chi connectivity index (χ4n) is 6.31. The number of nitrogens with one attached hydrogen (secondary N) is 1. The zero-order valence-electron chi connectivity index (χ0n) is 17.1. The molecule has 4 aliphatic carbocycles. The molecule has 2 unspecified atom stereocenters. The smallest absolute Gasteiger partial charge is 0.255 e. The summed E-state index contributed by atoms with van der Waals surface area (Å²) in [4.78, 5) is 26.2. The van der Waals surface area contributed by atoms with Crippen molar-refractivity contribution in [1.82, 2.24) is 5.32 Å². The maximum absolute atomic E-state index is 13.2. The Morgan fingerprint density at radius 2 is 1.63 bits per heavy atom. The molecule has 0 heterocycles. The van der Waals surface area contributed by atoms with Gasteiger partial charge in [-0.25, -0.2) is 0 Å². The number of rotatable bonds is 5. The number of carbonyl (C=O) groups excluding carboxylic acids is 2. The first-order valence-electron chi connectivity index (χ1n) is 10.8. The van der Waals surface area contributed by atoms with Crippen molar-refractivity contribution in [2.45, 2.75) is 43.7 Å². The molecule has 4 saturated carbocycles. The van der Waals surface area contributed by atoms with Crippen molar-refractivity contribution in [2.75, 3.05) is 7.11 Å². The summed E-state index contributed by atoms with van der Waals surface area (Å²) in [6.45, 7) is 0. The highest BCUT2D eigenvalue weighted by Crippen LogP contribution is 2.55. The first kappa shape index (κ1) is 19.3. The summed E-state index contributed by atoms with van der Waals surface area (Å²) in [5, 5.41) is 14.0. The monoisotopic (exact) mass is 405 g/mol. The van der Waals surface area contributed by atoms with Gasteiger partial charge < -0.3 is 15.2 Å². The van der Waals surface area contributed by atoms with E-state index in [4.69, 9.17) is 4.74 Å². The van der Waals surface area contributed by atoms with Gasteiger partial charge in [-0.1, -0.05) is 36.4 Å². The number of para-hydroxylation sites is 1. The molecule has 156 valence electrons. The molecule has 30 heavy (non-hydrogen) atoms. The van der Waals surface area contributed by atoms with Crippen LogP contribution >= 0.6 is 0 Å². The van der Waals surface area contributed by atoms with Gasteiger partial charge in [0.25, 0.3) is 5.91 Å². The third kappa shape index (κ3) is 3.21. The molecule has 2 aromatic carbocycles. The second kappa shape index (κ2) is 7.24. The third-order valence-electron chi connectivity index (χ3n) is 7.28. The normalized spacial score (nSPS) is 31.4. The Hall–Kier alpha value is -2.66. The molecule has 4 aliphatic rings. The zero-order chi connectivity index (χ0) is 20.9. The number of aliphatic hydroxyl groups is 1. The summed E-state index contributed by atoms with van der Waals surface area (Å²) in [6.07, 6.45) is 4.61. The molecule has 0 saturated heterocycles. The molecule has 0 aliphatic heterocycles. The van der Waals surface area contributed by atoms with Gasteiger partial charge in [-0.05, 0) is 62.0 Å². The van der Waals surface area contributed by atoms with E-state index in [9.17, 15) is 14.7 Å². The van der Waals surface area contributed by atoms with Crippen LogP contribution in [0, 0.1) is 17.8 Å². The second-order valence-corrected chi connectivity index (χ2v) is 9.28. The summed E-state index contributed by atoms with van der Waals surface area (Å²) >= 11 is 0. The van der Waals surface area contributed by atoms with Gasteiger partial charge in [0.1, 0.15) is 5.75 Å². The fourth-order valence-corrected chi connectivity index (χ4v) is 6.31. The molecule has 2 atom stereocenters. The van der Waals surface area contributed by atoms with Crippen LogP contribution in [0.3, 0.4) is 0 Å². The Kier molecular flexibility index (Phi) is 4.66. The molecule has 0 radical (unpaired) electrons. The van der Waals surface area contributed by atoms with E-state index in [1.54, 1.807) is 30.3 Å². The average Bonchev–Trinajstić information content (AvgIpc) is 2.74. The van der Waals surface area contributed by atoms with Gasteiger partial charge in [0.15, 0.2) is 5.78 Å². The predicted molar refractivity (Wildman–Crippen MR) is 113 cm³/mol. The molecule has 0 spiro atoms. The van der Waals surface area contributed by atoms with Crippen LogP contribution in [0.2, 0.25) is 0 Å². The predicted octanol–water partition coefficient (Wildman–Crippen LogP) is 3.60. The molecular formula is C25H27NO4. The Labute approximate surface area is 176 Å². The number of ether oxygens (including phenoxy) is 1. The molecule has 0 aromatic heterocycles. The summed E-state index contributed by atoms with van der Waals surface area (Å²) in [6, 6.07) is 14.2. The molecule has 1 amide bonds. The standard InChI is InChI=1S/C25H27NO4/c1-30-23-19(22(27)16-6-3-2-4-7-16)8-5-9-20(23)24(28)26-21-17-10-15-11-18(21)14-25(29,12-15)13-17/h2-9,15,17-18,21,29H,10-14H2,1H3,(H,26,28)/t15?,17?,18?,21-,25-. The number of amides is 1. The highest BCUT2D eigenvalue weighted by Gasteiger charge is 2.55. The minimum atomic E-state index is -0.530. The van der Waals surface area contributed by atoms with Gasteiger partial charge in [0.05, 0.1) is 23.8 Å². The van der Waals surface area contributed by atoms with Gasteiger partial charge in [-0.15, -0.1) is 0 Å². The molecule has 4 fully saturated rings. The van der Waals surface area contributed by atoms with Crippen LogP contribution in [0.15, 0.2) is 48.5 Å².